The molecule has 0 fully saturated rings. The van der Waals surface area contributed by atoms with Crippen molar-refractivity contribution in [2.45, 2.75) is 25.8 Å². The van der Waals surface area contributed by atoms with Crippen LogP contribution in [-0.2, 0) is 23.0 Å². The summed E-state index contributed by atoms with van der Waals surface area (Å²) in [7, 11) is -0.182. The molecule has 1 aromatic carbocycles. The van der Waals surface area contributed by atoms with Crippen molar-refractivity contribution >= 4 is 10.0 Å². The fourth-order valence-corrected chi connectivity index (χ4v) is 4.03. The van der Waals surface area contributed by atoms with Crippen LogP contribution in [-0.4, -0.2) is 39.2 Å². The van der Waals surface area contributed by atoms with Crippen LogP contribution in [0.5, 0.6) is 11.5 Å². The minimum atomic E-state index is -3.32. The molecule has 0 amide bonds. The standard InChI is InChI=1S/C15H20N2O4S/c1-20-14-9-12-5-7-17(11-13(12)10-15(14)21-2)22(18,19)8-4-3-6-16/h9-10H,3-5,7-8,11H2,1-2H3. The predicted octanol–water partition coefficient (Wildman–Crippen LogP) is 1.70. The third-order valence-corrected chi connectivity index (χ3v) is 5.67. The number of benzene rings is 1. The zero-order valence-corrected chi connectivity index (χ0v) is 13.6. The van der Waals surface area contributed by atoms with Crippen LogP contribution < -0.4 is 9.47 Å². The second kappa shape index (κ2) is 6.99. The maximum absolute atomic E-state index is 12.3. The number of ether oxygens (including phenoxy) is 2. The topological polar surface area (TPSA) is 79.6 Å². The normalized spacial score (nSPS) is 15.0. The van der Waals surface area contributed by atoms with E-state index in [0.717, 1.165) is 11.1 Å². The zero-order valence-electron chi connectivity index (χ0n) is 12.8. The average molecular weight is 324 g/mol. The molecule has 0 N–H and O–H groups in total. The first-order valence-corrected chi connectivity index (χ1v) is 8.71. The van der Waals surface area contributed by atoms with E-state index >= 15 is 0 Å². The van der Waals surface area contributed by atoms with Gasteiger partial charge >= 0.3 is 0 Å². The van der Waals surface area contributed by atoms with Crippen molar-refractivity contribution in [3.63, 3.8) is 0 Å². The van der Waals surface area contributed by atoms with E-state index in [0.29, 0.717) is 37.4 Å². The van der Waals surface area contributed by atoms with Gasteiger partial charge in [0.25, 0.3) is 0 Å². The Hall–Kier alpha value is -1.78. The number of rotatable bonds is 6. The summed E-state index contributed by atoms with van der Waals surface area (Å²) in [5.74, 6) is 1.28. The molecule has 6 nitrogen and oxygen atoms in total. The second-order valence-corrected chi connectivity index (χ2v) is 7.23. The summed E-state index contributed by atoms with van der Waals surface area (Å²) >= 11 is 0. The van der Waals surface area contributed by atoms with Crippen molar-refractivity contribution in [1.82, 2.24) is 4.31 Å². The summed E-state index contributed by atoms with van der Waals surface area (Å²) in [5, 5.41) is 8.53. The Kier molecular flexibility index (Phi) is 5.27. The summed E-state index contributed by atoms with van der Waals surface area (Å²) < 4.78 is 36.6. The number of sulfonamides is 1. The van der Waals surface area contributed by atoms with Crippen LogP contribution in [0.2, 0.25) is 0 Å². The Bertz CT molecular complexity index is 680. The highest BCUT2D eigenvalue weighted by Gasteiger charge is 2.27. The fourth-order valence-electron chi connectivity index (χ4n) is 2.56. The van der Waals surface area contributed by atoms with Gasteiger partial charge in [-0.2, -0.15) is 9.57 Å². The van der Waals surface area contributed by atoms with E-state index in [2.05, 4.69) is 0 Å². The number of fused-ring (bicyclic) bond motifs is 1. The molecule has 0 spiro atoms. The van der Waals surface area contributed by atoms with Gasteiger partial charge in [-0.3, -0.25) is 0 Å². The minimum absolute atomic E-state index is 0.0170. The molecule has 7 heteroatoms. The summed E-state index contributed by atoms with van der Waals surface area (Å²) in [5.41, 5.74) is 2.02. The summed E-state index contributed by atoms with van der Waals surface area (Å²) in [6.07, 6.45) is 1.27. The molecule has 0 aliphatic carbocycles. The van der Waals surface area contributed by atoms with Gasteiger partial charge in [0.1, 0.15) is 0 Å². The lowest BCUT2D eigenvalue weighted by Crippen LogP contribution is -2.37. The lowest BCUT2D eigenvalue weighted by molar-refractivity contribution is 0.348. The van der Waals surface area contributed by atoms with Crippen LogP contribution in [0.1, 0.15) is 24.0 Å². The molecule has 0 radical (unpaired) electrons. The maximum Gasteiger partial charge on any atom is 0.214 e. The zero-order chi connectivity index (χ0) is 16.2. The molecule has 1 heterocycles. The van der Waals surface area contributed by atoms with Crippen molar-refractivity contribution in [3.8, 4) is 17.6 Å². The van der Waals surface area contributed by atoms with E-state index in [4.69, 9.17) is 14.7 Å². The van der Waals surface area contributed by atoms with Gasteiger partial charge in [0.15, 0.2) is 11.5 Å². The van der Waals surface area contributed by atoms with Crippen molar-refractivity contribution in [2.75, 3.05) is 26.5 Å². The van der Waals surface area contributed by atoms with Gasteiger partial charge in [-0.05, 0) is 36.1 Å². The number of methoxy groups -OCH3 is 2. The SMILES string of the molecule is COc1cc2c(cc1OC)CN(S(=O)(=O)CCCC#N)CC2. The lowest BCUT2D eigenvalue weighted by atomic mass is 10.0. The van der Waals surface area contributed by atoms with E-state index in [1.807, 2.05) is 18.2 Å². The van der Waals surface area contributed by atoms with Gasteiger partial charge in [0, 0.05) is 19.5 Å². The van der Waals surface area contributed by atoms with Gasteiger partial charge in [0.2, 0.25) is 10.0 Å². The van der Waals surface area contributed by atoms with Crippen molar-refractivity contribution in [2.24, 2.45) is 0 Å². The number of unbranched alkanes of at least 4 members (excludes halogenated alkanes) is 1. The molecule has 2 rings (SSSR count). The minimum Gasteiger partial charge on any atom is -0.493 e. The Morgan fingerprint density at radius 2 is 1.86 bits per heavy atom. The van der Waals surface area contributed by atoms with Gasteiger partial charge in [-0.25, -0.2) is 8.42 Å². The molecule has 0 atom stereocenters. The number of hydrogen-bond donors (Lipinski definition) is 0. The Morgan fingerprint density at radius 3 is 2.45 bits per heavy atom. The molecular weight excluding hydrogens is 304 g/mol. The van der Waals surface area contributed by atoms with Crippen LogP contribution in [0.4, 0.5) is 0 Å². The quantitative estimate of drug-likeness (QED) is 0.744. The Morgan fingerprint density at radius 1 is 1.23 bits per heavy atom. The molecule has 0 bridgehead atoms. The molecule has 0 saturated carbocycles. The van der Waals surface area contributed by atoms with Crippen LogP contribution >= 0.6 is 0 Å². The van der Waals surface area contributed by atoms with Crippen LogP contribution in [0.3, 0.4) is 0 Å². The van der Waals surface area contributed by atoms with Gasteiger partial charge < -0.3 is 9.47 Å². The van der Waals surface area contributed by atoms with Gasteiger partial charge in [0.05, 0.1) is 26.0 Å². The van der Waals surface area contributed by atoms with Gasteiger partial charge in [-0.15, -0.1) is 0 Å². The second-order valence-electron chi connectivity index (χ2n) is 5.14. The smallest absolute Gasteiger partial charge is 0.214 e. The van der Waals surface area contributed by atoms with Crippen molar-refractivity contribution in [3.05, 3.63) is 23.3 Å². The van der Waals surface area contributed by atoms with Crippen molar-refractivity contribution < 1.29 is 17.9 Å². The molecule has 1 aliphatic heterocycles. The van der Waals surface area contributed by atoms with Crippen LogP contribution in [0.25, 0.3) is 0 Å². The number of hydrogen-bond acceptors (Lipinski definition) is 5. The molecule has 120 valence electrons. The first-order valence-electron chi connectivity index (χ1n) is 7.10. The number of nitrogens with zero attached hydrogens (tertiary/aromatic N) is 2. The van der Waals surface area contributed by atoms with Crippen LogP contribution in [0.15, 0.2) is 12.1 Å². The fraction of sp³-hybridized carbons (Fsp3) is 0.533. The van der Waals surface area contributed by atoms with Gasteiger partial charge in [-0.1, -0.05) is 0 Å². The maximum atomic E-state index is 12.3. The Balaban J connectivity index is 2.19. The third kappa shape index (κ3) is 3.51. The van der Waals surface area contributed by atoms with E-state index in [9.17, 15) is 8.42 Å². The predicted molar refractivity (Wildman–Crippen MR) is 82.3 cm³/mol. The molecule has 22 heavy (non-hydrogen) atoms. The molecule has 1 aromatic rings. The van der Waals surface area contributed by atoms with E-state index < -0.39 is 10.0 Å². The molecule has 0 aromatic heterocycles. The number of nitriles is 1. The molecule has 0 unspecified atom stereocenters. The summed E-state index contributed by atoms with van der Waals surface area (Å²) in [4.78, 5) is 0. The highest BCUT2D eigenvalue weighted by atomic mass is 32.2. The third-order valence-electron chi connectivity index (χ3n) is 3.77. The first-order chi connectivity index (χ1) is 10.5. The largest absolute Gasteiger partial charge is 0.493 e. The average Bonchev–Trinajstić information content (AvgIpc) is 2.53. The van der Waals surface area contributed by atoms with E-state index in [1.165, 1.54) is 4.31 Å². The van der Waals surface area contributed by atoms with Crippen molar-refractivity contribution in [1.29, 1.82) is 5.26 Å². The summed E-state index contributed by atoms with van der Waals surface area (Å²) in [6.45, 7) is 0.794. The molecule has 0 saturated heterocycles. The van der Waals surface area contributed by atoms with Crippen LogP contribution in [0, 0.1) is 11.3 Å². The van der Waals surface area contributed by atoms with E-state index in [-0.39, 0.29) is 12.2 Å². The first kappa shape index (κ1) is 16.6. The molecule has 1 aliphatic rings. The monoisotopic (exact) mass is 324 g/mol. The highest BCUT2D eigenvalue weighted by molar-refractivity contribution is 7.89. The summed E-state index contributed by atoms with van der Waals surface area (Å²) in [6, 6.07) is 5.72. The van der Waals surface area contributed by atoms with E-state index in [1.54, 1.807) is 14.2 Å². The lowest BCUT2D eigenvalue weighted by Gasteiger charge is -2.28. The molecular formula is C15H20N2O4S. The highest BCUT2D eigenvalue weighted by Crippen LogP contribution is 2.33. The Labute approximate surface area is 131 Å².